The van der Waals surface area contributed by atoms with Gasteiger partial charge >= 0.3 is 6.61 Å². The molecule has 0 spiro atoms. The van der Waals surface area contributed by atoms with Crippen LogP contribution in [0.2, 0.25) is 5.02 Å². The molecule has 5 nitrogen and oxygen atoms in total. The molecular weight excluding hydrogens is 400 g/mol. The van der Waals surface area contributed by atoms with Crippen molar-refractivity contribution in [3.05, 3.63) is 51.9 Å². The molecule has 0 unspecified atom stereocenters. The van der Waals surface area contributed by atoms with E-state index in [4.69, 9.17) is 21.1 Å². The smallest absolute Gasteiger partial charge is 0.387 e. The average molecular weight is 412 g/mol. The number of benzene rings is 2. The number of amides is 1. The second-order valence-corrected chi connectivity index (χ2v) is 7.08. The highest BCUT2D eigenvalue weighted by atomic mass is 35.5. The molecule has 2 heterocycles. The molecule has 4 rings (SSSR count). The molecule has 0 fully saturated rings. The van der Waals surface area contributed by atoms with E-state index in [1.165, 1.54) is 12.1 Å². The normalized spacial score (nSPS) is 12.6. The highest BCUT2D eigenvalue weighted by Gasteiger charge is 2.19. The van der Waals surface area contributed by atoms with Crippen LogP contribution >= 0.6 is 22.9 Å². The molecule has 1 N–H and O–H groups in total. The van der Waals surface area contributed by atoms with Crippen molar-refractivity contribution in [1.82, 2.24) is 5.32 Å². The summed E-state index contributed by atoms with van der Waals surface area (Å²) in [5.74, 6) is 0.964. The Bertz CT molecular complexity index is 1020. The molecular formula is C18H12ClF2NO4S. The lowest BCUT2D eigenvalue weighted by Gasteiger charge is -2.05. The van der Waals surface area contributed by atoms with Crippen LogP contribution in [0.1, 0.15) is 15.2 Å². The number of rotatable bonds is 5. The molecule has 0 saturated carbocycles. The van der Waals surface area contributed by atoms with Gasteiger partial charge in [0.1, 0.15) is 10.6 Å². The zero-order valence-corrected chi connectivity index (χ0v) is 15.2. The molecule has 140 valence electrons. The van der Waals surface area contributed by atoms with Gasteiger partial charge in [-0.1, -0.05) is 17.7 Å². The summed E-state index contributed by atoms with van der Waals surface area (Å²) >= 11 is 7.41. The third-order valence-corrected chi connectivity index (χ3v) is 5.58. The highest BCUT2D eigenvalue weighted by Crippen LogP contribution is 2.37. The van der Waals surface area contributed by atoms with Crippen LogP contribution in [0.3, 0.4) is 0 Å². The number of ether oxygens (including phenoxy) is 3. The van der Waals surface area contributed by atoms with Crippen molar-refractivity contribution < 1.29 is 27.8 Å². The Morgan fingerprint density at radius 3 is 2.85 bits per heavy atom. The average Bonchev–Trinajstić information content (AvgIpc) is 3.23. The van der Waals surface area contributed by atoms with Crippen LogP contribution in [0.5, 0.6) is 17.2 Å². The topological polar surface area (TPSA) is 56.8 Å². The summed E-state index contributed by atoms with van der Waals surface area (Å²) < 4.78 is 40.2. The lowest BCUT2D eigenvalue weighted by atomic mass is 10.2. The van der Waals surface area contributed by atoms with Gasteiger partial charge in [0, 0.05) is 16.6 Å². The Hall–Kier alpha value is -2.58. The largest absolute Gasteiger partial charge is 0.454 e. The number of carbonyl (C=O) groups is 1. The standard InChI is InChI=1S/C18H12ClF2NO4S/c19-15-11-3-2-10(26-18(20)21)6-14(11)27-16(15)17(23)22-7-9-1-4-12-13(5-9)25-8-24-12/h1-6,18H,7-8H2,(H,22,23). The summed E-state index contributed by atoms with van der Waals surface area (Å²) in [4.78, 5) is 12.8. The fourth-order valence-corrected chi connectivity index (χ4v) is 4.14. The predicted octanol–water partition coefficient (Wildman–Crippen LogP) is 4.81. The molecule has 0 bridgehead atoms. The van der Waals surface area contributed by atoms with Crippen molar-refractivity contribution in [1.29, 1.82) is 0 Å². The van der Waals surface area contributed by atoms with Gasteiger partial charge in [0.05, 0.1) is 5.02 Å². The van der Waals surface area contributed by atoms with Crippen LogP contribution in [0.15, 0.2) is 36.4 Å². The molecule has 0 aliphatic carbocycles. The Morgan fingerprint density at radius 1 is 1.22 bits per heavy atom. The number of hydrogen-bond donors (Lipinski definition) is 1. The van der Waals surface area contributed by atoms with E-state index in [1.54, 1.807) is 18.2 Å². The van der Waals surface area contributed by atoms with Crippen LogP contribution in [0.25, 0.3) is 10.1 Å². The quantitative estimate of drug-likeness (QED) is 0.654. The van der Waals surface area contributed by atoms with Gasteiger partial charge in [0.25, 0.3) is 5.91 Å². The van der Waals surface area contributed by atoms with Crippen molar-refractivity contribution in [3.63, 3.8) is 0 Å². The van der Waals surface area contributed by atoms with E-state index in [2.05, 4.69) is 10.1 Å². The summed E-state index contributed by atoms with van der Waals surface area (Å²) in [6.45, 7) is -2.46. The van der Waals surface area contributed by atoms with Crippen LogP contribution in [0, 0.1) is 0 Å². The first-order chi connectivity index (χ1) is 13.0. The lowest BCUT2D eigenvalue weighted by Crippen LogP contribution is -2.22. The van der Waals surface area contributed by atoms with Crippen LogP contribution < -0.4 is 19.5 Å². The molecule has 0 atom stereocenters. The first-order valence-corrected chi connectivity index (χ1v) is 9.04. The highest BCUT2D eigenvalue weighted by molar-refractivity contribution is 7.21. The Kier molecular flexibility index (Phi) is 4.75. The minimum atomic E-state index is -2.91. The zero-order chi connectivity index (χ0) is 19.0. The van der Waals surface area contributed by atoms with Gasteiger partial charge in [-0.3, -0.25) is 4.79 Å². The number of hydrogen-bond acceptors (Lipinski definition) is 5. The molecule has 1 amide bonds. The molecule has 3 aromatic rings. The van der Waals surface area contributed by atoms with E-state index in [1.807, 2.05) is 6.07 Å². The van der Waals surface area contributed by atoms with E-state index in [0.29, 0.717) is 26.5 Å². The van der Waals surface area contributed by atoms with Gasteiger partial charge in [0.15, 0.2) is 11.5 Å². The van der Waals surface area contributed by atoms with Gasteiger partial charge in [0.2, 0.25) is 6.79 Å². The first kappa shape index (κ1) is 17.8. The molecule has 1 aliphatic rings. The number of halogens is 3. The third kappa shape index (κ3) is 3.63. The maximum absolute atomic E-state index is 12.5. The summed E-state index contributed by atoms with van der Waals surface area (Å²) in [6.07, 6.45) is 0. The number of thiophene rings is 1. The fourth-order valence-electron chi connectivity index (χ4n) is 2.68. The molecule has 2 aromatic carbocycles. The van der Waals surface area contributed by atoms with Crippen LogP contribution in [-0.2, 0) is 6.54 Å². The van der Waals surface area contributed by atoms with E-state index in [0.717, 1.165) is 16.9 Å². The Balaban J connectivity index is 1.51. The van der Waals surface area contributed by atoms with Gasteiger partial charge in [-0.2, -0.15) is 8.78 Å². The molecule has 9 heteroatoms. The molecule has 0 saturated heterocycles. The maximum Gasteiger partial charge on any atom is 0.387 e. The van der Waals surface area contributed by atoms with Gasteiger partial charge in [-0.25, -0.2) is 0 Å². The first-order valence-electron chi connectivity index (χ1n) is 7.85. The maximum atomic E-state index is 12.5. The van der Waals surface area contributed by atoms with Crippen molar-refractivity contribution in [2.45, 2.75) is 13.2 Å². The minimum absolute atomic E-state index is 0.0164. The Morgan fingerprint density at radius 2 is 2.04 bits per heavy atom. The van der Waals surface area contributed by atoms with Crippen LogP contribution in [0.4, 0.5) is 8.78 Å². The van der Waals surface area contributed by atoms with Gasteiger partial charge in [-0.15, -0.1) is 11.3 Å². The molecule has 1 aromatic heterocycles. The summed E-state index contributed by atoms with van der Waals surface area (Å²) in [7, 11) is 0. The number of alkyl halides is 2. The monoisotopic (exact) mass is 411 g/mol. The molecule has 0 radical (unpaired) electrons. The van der Waals surface area contributed by atoms with Crippen molar-refractivity contribution in [2.75, 3.05) is 6.79 Å². The minimum Gasteiger partial charge on any atom is -0.454 e. The van der Waals surface area contributed by atoms with E-state index in [9.17, 15) is 13.6 Å². The van der Waals surface area contributed by atoms with E-state index < -0.39 is 6.61 Å². The van der Waals surface area contributed by atoms with E-state index >= 15 is 0 Å². The van der Waals surface area contributed by atoms with Crippen LogP contribution in [-0.4, -0.2) is 19.3 Å². The van der Waals surface area contributed by atoms with Gasteiger partial charge < -0.3 is 19.5 Å². The van der Waals surface area contributed by atoms with Gasteiger partial charge in [-0.05, 0) is 35.9 Å². The lowest BCUT2D eigenvalue weighted by molar-refractivity contribution is -0.0497. The fraction of sp³-hybridized carbons (Fsp3) is 0.167. The SMILES string of the molecule is O=C(NCc1ccc2c(c1)OCO2)c1sc2cc(OC(F)F)ccc2c1Cl. The molecule has 1 aliphatic heterocycles. The van der Waals surface area contributed by atoms with Crippen molar-refractivity contribution >= 4 is 38.9 Å². The van der Waals surface area contributed by atoms with Crippen molar-refractivity contribution in [3.8, 4) is 17.2 Å². The second kappa shape index (κ2) is 7.21. The van der Waals surface area contributed by atoms with Crippen molar-refractivity contribution in [2.24, 2.45) is 0 Å². The number of carbonyl (C=O) groups excluding carboxylic acids is 1. The summed E-state index contributed by atoms with van der Waals surface area (Å²) in [5.41, 5.74) is 0.845. The van der Waals surface area contributed by atoms with E-state index in [-0.39, 0.29) is 30.0 Å². The third-order valence-electron chi connectivity index (χ3n) is 3.92. The second-order valence-electron chi connectivity index (χ2n) is 5.65. The number of nitrogens with one attached hydrogen (secondary N) is 1. The summed E-state index contributed by atoms with van der Waals surface area (Å²) in [6, 6.07) is 9.78. The zero-order valence-electron chi connectivity index (χ0n) is 13.6. The molecule has 27 heavy (non-hydrogen) atoms. The predicted molar refractivity (Wildman–Crippen MR) is 97.2 cm³/mol. The Labute approximate surface area is 161 Å². The summed E-state index contributed by atoms with van der Waals surface area (Å²) in [5, 5.41) is 3.68. The number of fused-ring (bicyclic) bond motifs is 2.